The van der Waals surface area contributed by atoms with Gasteiger partial charge in [0.25, 0.3) is 0 Å². The monoisotopic (exact) mass is 558 g/mol. The van der Waals surface area contributed by atoms with E-state index in [1.54, 1.807) is 9.47 Å². The van der Waals surface area contributed by atoms with Crippen molar-refractivity contribution in [1.29, 1.82) is 0 Å². The van der Waals surface area contributed by atoms with Crippen LogP contribution in [-0.2, 0) is 14.3 Å². The number of ether oxygens (including phenoxy) is 1. The Morgan fingerprint density at radius 2 is 2.02 bits per heavy atom. The Labute approximate surface area is 229 Å². The lowest BCUT2D eigenvalue weighted by molar-refractivity contribution is -0.133. The van der Waals surface area contributed by atoms with E-state index in [9.17, 15) is 18.4 Å². The number of carbonyl (C=O) groups is 2. The number of alkyl halides is 2. The van der Waals surface area contributed by atoms with Gasteiger partial charge in [-0.2, -0.15) is 23.8 Å². The second-order valence-corrected chi connectivity index (χ2v) is 10.3. The van der Waals surface area contributed by atoms with Crippen molar-refractivity contribution in [2.75, 3.05) is 49.6 Å². The van der Waals surface area contributed by atoms with Gasteiger partial charge in [-0.1, -0.05) is 6.58 Å². The van der Waals surface area contributed by atoms with Crippen molar-refractivity contribution < 1.29 is 23.1 Å². The van der Waals surface area contributed by atoms with Gasteiger partial charge in [0.2, 0.25) is 17.8 Å². The number of anilines is 2. The number of morpholine rings is 1. The summed E-state index contributed by atoms with van der Waals surface area (Å²) in [5.74, 6) is 0.388. The first-order valence-corrected chi connectivity index (χ1v) is 13.0. The maximum atomic E-state index is 13.1. The van der Waals surface area contributed by atoms with Gasteiger partial charge >= 0.3 is 6.55 Å². The highest BCUT2D eigenvalue weighted by Crippen LogP contribution is 2.28. The van der Waals surface area contributed by atoms with E-state index in [2.05, 4.69) is 37.3 Å². The van der Waals surface area contributed by atoms with E-state index < -0.39 is 12.1 Å². The molecule has 3 aromatic rings. The summed E-state index contributed by atoms with van der Waals surface area (Å²) in [6.07, 6.45) is 6.52. The third kappa shape index (κ3) is 5.59. The van der Waals surface area contributed by atoms with Gasteiger partial charge in [-0.3, -0.25) is 14.2 Å². The minimum Gasteiger partial charge on any atom is -0.378 e. The third-order valence-corrected chi connectivity index (χ3v) is 7.14. The summed E-state index contributed by atoms with van der Waals surface area (Å²) in [6, 6.07) is -0.0990. The fraction of sp³-hybridized carbons (Fsp3) is 0.520. The number of amides is 2. The van der Waals surface area contributed by atoms with Crippen LogP contribution in [0.25, 0.3) is 16.9 Å². The number of halogens is 2. The summed E-state index contributed by atoms with van der Waals surface area (Å²) in [7, 11) is 0. The zero-order valence-electron chi connectivity index (χ0n) is 22.4. The lowest BCUT2D eigenvalue weighted by Crippen LogP contribution is -2.57. The molecule has 2 aliphatic heterocycles. The Hall–Kier alpha value is -4.14. The third-order valence-electron chi connectivity index (χ3n) is 7.14. The normalized spacial score (nSPS) is 19.2. The van der Waals surface area contributed by atoms with Crippen LogP contribution in [0.5, 0.6) is 0 Å². The number of carbonyl (C=O) groups excluding carboxylic acids is 2. The molecule has 2 amide bonds. The van der Waals surface area contributed by atoms with Gasteiger partial charge in [0.15, 0.2) is 17.0 Å². The molecule has 0 aromatic carbocycles. The number of piperidine rings is 1. The molecule has 1 atom stereocenters. The summed E-state index contributed by atoms with van der Waals surface area (Å²) in [5, 5.41) is 9.85. The molecular formula is C25H32F2N10O3. The summed E-state index contributed by atoms with van der Waals surface area (Å²) < 4.78 is 33.8. The van der Waals surface area contributed by atoms with Crippen LogP contribution in [0.2, 0.25) is 0 Å². The highest BCUT2D eigenvalue weighted by Gasteiger charge is 2.37. The van der Waals surface area contributed by atoms with Gasteiger partial charge in [0, 0.05) is 31.2 Å². The quantitative estimate of drug-likeness (QED) is 0.396. The van der Waals surface area contributed by atoms with Gasteiger partial charge in [-0.05, 0) is 32.8 Å². The van der Waals surface area contributed by atoms with Crippen molar-refractivity contribution in [3.63, 3.8) is 0 Å². The van der Waals surface area contributed by atoms with Crippen molar-refractivity contribution in [2.45, 2.75) is 44.8 Å². The molecular weight excluding hydrogens is 526 g/mol. The number of imidazole rings is 1. The Bertz CT molecular complexity index is 1400. The highest BCUT2D eigenvalue weighted by molar-refractivity contribution is 5.89. The van der Waals surface area contributed by atoms with Crippen molar-refractivity contribution in [1.82, 2.24) is 39.5 Å². The maximum Gasteiger partial charge on any atom is 0.333 e. The van der Waals surface area contributed by atoms with Crippen molar-refractivity contribution >= 4 is 34.7 Å². The van der Waals surface area contributed by atoms with Crippen LogP contribution in [0.15, 0.2) is 31.4 Å². The number of nitrogens with one attached hydrogen (secondary N) is 2. The number of likely N-dealkylation sites (tertiary alicyclic amines) is 1. The smallest absolute Gasteiger partial charge is 0.333 e. The molecule has 0 bridgehead atoms. The molecule has 5 heterocycles. The van der Waals surface area contributed by atoms with E-state index in [4.69, 9.17) is 4.74 Å². The van der Waals surface area contributed by atoms with Gasteiger partial charge in [0.1, 0.15) is 6.33 Å². The Morgan fingerprint density at radius 1 is 1.25 bits per heavy atom. The summed E-state index contributed by atoms with van der Waals surface area (Å²) in [5.41, 5.74) is 0.703. The van der Waals surface area contributed by atoms with Crippen LogP contribution in [0.1, 0.15) is 33.2 Å². The number of fused-ring (bicyclic) bond motifs is 1. The first-order valence-electron chi connectivity index (χ1n) is 13.0. The average molecular weight is 559 g/mol. The largest absolute Gasteiger partial charge is 0.378 e. The molecule has 40 heavy (non-hydrogen) atoms. The predicted octanol–water partition coefficient (Wildman–Crippen LogP) is 1.73. The van der Waals surface area contributed by atoms with Gasteiger partial charge in [-0.25, -0.2) is 9.67 Å². The Balaban J connectivity index is 1.35. The fourth-order valence-corrected chi connectivity index (χ4v) is 5.15. The second-order valence-electron chi connectivity index (χ2n) is 10.3. The molecule has 2 fully saturated rings. The van der Waals surface area contributed by atoms with Crippen LogP contribution in [-0.4, -0.2) is 97.0 Å². The molecule has 0 radical (unpaired) electrons. The topological polar surface area (TPSA) is 135 Å². The Kier molecular flexibility index (Phi) is 7.65. The van der Waals surface area contributed by atoms with E-state index in [0.29, 0.717) is 79.0 Å². The van der Waals surface area contributed by atoms with E-state index >= 15 is 0 Å². The van der Waals surface area contributed by atoms with E-state index in [1.807, 2.05) is 18.7 Å². The average Bonchev–Trinajstić information content (AvgIpc) is 3.59. The summed E-state index contributed by atoms with van der Waals surface area (Å²) >= 11 is 0. The number of hydrogen-bond acceptors (Lipinski definition) is 9. The molecule has 0 saturated carbocycles. The molecule has 15 heteroatoms. The zero-order valence-corrected chi connectivity index (χ0v) is 22.4. The standard InChI is InChI=1S/C25H32F2N10O3/c1-4-19(39)36-6-5-16(11-25(36,2)3)31-18(38)13-28-21-20-22(33-24(32-21)34-7-9-40-10-8-34)35(15-29-20)17-12-30-37(14-17)23(26)27/h4,12,14-16,23H,1,5-11,13H2,2-3H3,(H,31,38)(H,28,32,33). The highest BCUT2D eigenvalue weighted by atomic mass is 19.3. The van der Waals surface area contributed by atoms with Crippen LogP contribution in [0, 0.1) is 0 Å². The molecule has 0 spiro atoms. The fourth-order valence-electron chi connectivity index (χ4n) is 5.15. The molecule has 2 saturated heterocycles. The number of nitrogens with zero attached hydrogens (tertiary/aromatic N) is 8. The van der Waals surface area contributed by atoms with Crippen molar-refractivity contribution in [2.24, 2.45) is 0 Å². The van der Waals surface area contributed by atoms with Crippen LogP contribution < -0.4 is 15.5 Å². The number of rotatable bonds is 8. The molecule has 13 nitrogen and oxygen atoms in total. The van der Waals surface area contributed by atoms with E-state index in [1.165, 1.54) is 24.8 Å². The van der Waals surface area contributed by atoms with Crippen LogP contribution >= 0.6 is 0 Å². The Morgan fingerprint density at radius 3 is 2.70 bits per heavy atom. The molecule has 2 N–H and O–H groups in total. The van der Waals surface area contributed by atoms with Gasteiger partial charge in [0.05, 0.1) is 37.8 Å². The maximum absolute atomic E-state index is 13.1. The molecule has 3 aromatic heterocycles. The SMILES string of the molecule is C=CC(=O)N1CCC(NC(=O)CNc2nc(N3CCOCC3)nc3c2ncn3-c2cnn(C(F)F)c2)CC1(C)C. The molecule has 5 rings (SSSR count). The minimum absolute atomic E-state index is 0.0724. The first-order chi connectivity index (χ1) is 19.2. The lowest BCUT2D eigenvalue weighted by atomic mass is 9.86. The zero-order chi connectivity index (χ0) is 28.4. The molecule has 0 aliphatic carbocycles. The van der Waals surface area contributed by atoms with Gasteiger partial charge < -0.3 is 25.2 Å². The lowest BCUT2D eigenvalue weighted by Gasteiger charge is -2.45. The summed E-state index contributed by atoms with van der Waals surface area (Å²) in [6.45, 7) is 7.36. The van der Waals surface area contributed by atoms with Crippen molar-refractivity contribution in [3.8, 4) is 5.69 Å². The molecule has 214 valence electrons. The van der Waals surface area contributed by atoms with Crippen LogP contribution in [0.4, 0.5) is 20.5 Å². The first kappa shape index (κ1) is 27.4. The number of aromatic nitrogens is 6. The second kappa shape index (κ2) is 11.2. The summed E-state index contributed by atoms with van der Waals surface area (Å²) in [4.78, 5) is 42.6. The van der Waals surface area contributed by atoms with E-state index in [0.717, 1.165) is 0 Å². The van der Waals surface area contributed by atoms with Crippen molar-refractivity contribution in [3.05, 3.63) is 31.4 Å². The molecule has 2 aliphatic rings. The minimum atomic E-state index is -2.78. The number of hydrogen-bond donors (Lipinski definition) is 2. The van der Waals surface area contributed by atoms with E-state index in [-0.39, 0.29) is 24.4 Å². The predicted molar refractivity (Wildman–Crippen MR) is 142 cm³/mol. The van der Waals surface area contributed by atoms with Crippen LogP contribution in [0.3, 0.4) is 0 Å². The van der Waals surface area contributed by atoms with Gasteiger partial charge in [-0.15, -0.1) is 0 Å². The molecule has 1 unspecified atom stereocenters.